The highest BCUT2D eigenvalue weighted by Gasteiger charge is 2.46. The van der Waals surface area contributed by atoms with E-state index in [-0.39, 0.29) is 19.4 Å². The summed E-state index contributed by atoms with van der Waals surface area (Å²) in [5.41, 5.74) is 0. The first-order valence-corrected chi connectivity index (χ1v) is 29.1. The van der Waals surface area contributed by atoms with Crippen molar-refractivity contribution in [3.05, 3.63) is 72.9 Å². The molecule has 0 spiro atoms. The minimum atomic E-state index is -4.62. The number of aliphatic hydroxyl groups excluding tert-OH is 3. The highest BCUT2D eigenvalue weighted by Crippen LogP contribution is 2.24. The van der Waals surface area contributed by atoms with E-state index in [9.17, 15) is 37.9 Å². The van der Waals surface area contributed by atoms with Gasteiger partial charge in [0.2, 0.25) is 0 Å². The van der Waals surface area contributed by atoms with Crippen LogP contribution in [-0.4, -0.2) is 96.0 Å². The average Bonchev–Trinajstić information content (AvgIpc) is 3.33. The molecule has 0 saturated carbocycles. The molecule has 0 aromatic carbocycles. The van der Waals surface area contributed by atoms with Crippen molar-refractivity contribution in [2.45, 2.75) is 256 Å². The number of rotatable bonds is 46. The SMILES string of the molecule is CCCCC/C=C/C/C=C/C/C=C/C/C=C/CCCCCC(=O)O[C@H](COC(=O)CCC/C=C/CC/C=C/CCCCCCCCCCCCCCCC)CO[C@H]1O[C@H](CS(=O)(=O)O)[C@@H](O)C(O)C1O. The minimum absolute atomic E-state index is 0.116. The van der Waals surface area contributed by atoms with E-state index in [0.29, 0.717) is 19.3 Å². The molecule has 1 aliphatic rings. The van der Waals surface area contributed by atoms with E-state index in [1.807, 2.05) is 0 Å². The van der Waals surface area contributed by atoms with Crippen molar-refractivity contribution in [2.24, 2.45) is 0 Å². The van der Waals surface area contributed by atoms with Crippen molar-refractivity contribution in [1.29, 1.82) is 0 Å². The molecule has 1 aliphatic heterocycles. The van der Waals surface area contributed by atoms with Crippen LogP contribution in [0.4, 0.5) is 0 Å². The summed E-state index contributed by atoms with van der Waals surface area (Å²) >= 11 is 0. The zero-order valence-corrected chi connectivity index (χ0v) is 44.4. The Morgan fingerprint density at radius 3 is 1.40 bits per heavy atom. The van der Waals surface area contributed by atoms with Gasteiger partial charge in [-0.1, -0.05) is 189 Å². The number of allylic oxidation sites excluding steroid dienone is 12. The molecule has 0 bridgehead atoms. The smallest absolute Gasteiger partial charge is 0.306 e. The standard InChI is InChI=1S/C57H98O12S/c1-3-5-7-9-11-13-15-17-19-21-23-24-25-26-28-29-31-33-35-37-39-41-43-45-52(58)66-47-50(48-67-57-56(62)55(61)54(60)51(69-57)49-70(63,64)65)68-53(59)46-44-42-40-38-36-34-32-30-27-22-20-18-16-14-12-10-8-6-4-2/h12,14,18,20,27,29-31,34,36-37,39,50-51,54-57,60-62H,3-11,13,15-17,19,21-26,28,32-33,35,38,40-49H2,1-2H3,(H,63,64,65)/b14-12+,20-18+,30-27+,31-29+,36-34+,39-37+/t50-,51-,54-,55?,56?,57+/m1/s1. The second-order valence-electron chi connectivity index (χ2n) is 18.9. The molecule has 1 fully saturated rings. The number of carbonyl (C=O) groups is 2. The fourth-order valence-corrected chi connectivity index (χ4v) is 8.67. The number of unbranched alkanes of at least 4 members (excludes halogenated alkanes) is 22. The fourth-order valence-electron chi connectivity index (χ4n) is 7.97. The summed E-state index contributed by atoms with van der Waals surface area (Å²) in [5.74, 6) is -2.08. The molecule has 0 amide bonds. The molecule has 6 atom stereocenters. The van der Waals surface area contributed by atoms with E-state index in [4.69, 9.17) is 18.9 Å². The van der Waals surface area contributed by atoms with Gasteiger partial charge in [0.25, 0.3) is 10.1 Å². The van der Waals surface area contributed by atoms with Crippen molar-refractivity contribution in [1.82, 2.24) is 0 Å². The topological polar surface area (TPSA) is 186 Å². The van der Waals surface area contributed by atoms with E-state index >= 15 is 0 Å². The monoisotopic (exact) mass is 1010 g/mol. The average molecular weight is 1010 g/mol. The zero-order valence-electron chi connectivity index (χ0n) is 43.6. The van der Waals surface area contributed by atoms with Crippen LogP contribution in [0.3, 0.4) is 0 Å². The summed E-state index contributed by atoms with van der Waals surface area (Å²) in [4.78, 5) is 25.5. The molecular weight excluding hydrogens is 909 g/mol. The summed E-state index contributed by atoms with van der Waals surface area (Å²) < 4.78 is 54.2. The van der Waals surface area contributed by atoms with Gasteiger partial charge in [0.15, 0.2) is 12.4 Å². The lowest BCUT2D eigenvalue weighted by molar-refractivity contribution is -0.297. The summed E-state index contributed by atoms with van der Waals surface area (Å²) in [7, 11) is -4.62. The van der Waals surface area contributed by atoms with Crippen LogP contribution in [0, 0.1) is 0 Å². The Morgan fingerprint density at radius 1 is 0.486 bits per heavy atom. The molecule has 1 rings (SSSR count). The Kier molecular flexibility index (Phi) is 42.7. The Bertz CT molecular complexity index is 1550. The predicted octanol–water partition coefficient (Wildman–Crippen LogP) is 13.0. The molecule has 404 valence electrons. The first-order chi connectivity index (χ1) is 34.0. The van der Waals surface area contributed by atoms with Crippen LogP contribution in [0.5, 0.6) is 0 Å². The van der Waals surface area contributed by atoms with E-state index < -0.39 is 71.2 Å². The van der Waals surface area contributed by atoms with Gasteiger partial charge >= 0.3 is 11.9 Å². The first kappa shape index (κ1) is 65.1. The van der Waals surface area contributed by atoms with E-state index in [2.05, 4.69) is 86.8 Å². The highest BCUT2D eigenvalue weighted by atomic mass is 32.2. The maximum absolute atomic E-state index is 12.9. The predicted molar refractivity (Wildman–Crippen MR) is 284 cm³/mol. The number of carbonyl (C=O) groups excluding carboxylic acids is 2. The molecule has 13 heteroatoms. The van der Waals surface area contributed by atoms with Crippen molar-refractivity contribution in [3.8, 4) is 0 Å². The van der Waals surface area contributed by atoms with Crippen molar-refractivity contribution in [2.75, 3.05) is 19.0 Å². The van der Waals surface area contributed by atoms with Crippen LogP contribution in [-0.2, 0) is 38.7 Å². The third-order valence-electron chi connectivity index (χ3n) is 12.2. The normalized spacial score (nSPS) is 19.5. The molecule has 0 radical (unpaired) electrons. The third-order valence-corrected chi connectivity index (χ3v) is 13.0. The molecule has 0 aromatic heterocycles. The van der Waals surface area contributed by atoms with E-state index in [1.165, 1.54) is 109 Å². The molecule has 2 unspecified atom stereocenters. The number of esters is 2. The Labute approximate surface area is 425 Å². The van der Waals surface area contributed by atoms with Crippen LogP contribution >= 0.6 is 0 Å². The second kappa shape index (κ2) is 45.9. The van der Waals surface area contributed by atoms with Crippen LogP contribution in [0.15, 0.2) is 72.9 Å². The molecular formula is C57H98O12S. The van der Waals surface area contributed by atoms with Gasteiger partial charge in [0.1, 0.15) is 36.8 Å². The van der Waals surface area contributed by atoms with Crippen molar-refractivity contribution in [3.63, 3.8) is 0 Å². The lowest BCUT2D eigenvalue weighted by Gasteiger charge is -2.40. The maximum atomic E-state index is 12.9. The van der Waals surface area contributed by atoms with Gasteiger partial charge in [-0.15, -0.1) is 0 Å². The lowest BCUT2D eigenvalue weighted by Crippen LogP contribution is -2.60. The molecule has 70 heavy (non-hydrogen) atoms. The number of aliphatic hydroxyl groups is 3. The van der Waals surface area contributed by atoms with Gasteiger partial charge in [-0.2, -0.15) is 8.42 Å². The number of ether oxygens (including phenoxy) is 4. The molecule has 1 heterocycles. The Hall–Kier alpha value is -2.91. The van der Waals surface area contributed by atoms with Gasteiger partial charge in [-0.05, 0) is 89.9 Å². The molecule has 1 saturated heterocycles. The van der Waals surface area contributed by atoms with Gasteiger partial charge in [-0.3, -0.25) is 14.1 Å². The molecule has 0 aromatic rings. The molecule has 4 N–H and O–H groups in total. The number of hydrogen-bond donors (Lipinski definition) is 4. The lowest BCUT2D eigenvalue weighted by atomic mass is 10.00. The summed E-state index contributed by atoms with van der Waals surface area (Å²) in [6, 6.07) is 0. The van der Waals surface area contributed by atoms with Crippen LogP contribution in [0.25, 0.3) is 0 Å². The zero-order chi connectivity index (χ0) is 51.2. The first-order valence-electron chi connectivity index (χ1n) is 27.5. The van der Waals surface area contributed by atoms with Gasteiger partial charge < -0.3 is 34.3 Å². The van der Waals surface area contributed by atoms with Crippen LogP contribution < -0.4 is 0 Å². The summed E-state index contributed by atoms with van der Waals surface area (Å²) in [6.07, 6.45) is 51.0. The van der Waals surface area contributed by atoms with Crippen LogP contribution in [0.1, 0.15) is 219 Å². The van der Waals surface area contributed by atoms with Gasteiger partial charge in [0.05, 0.1) is 6.61 Å². The van der Waals surface area contributed by atoms with Gasteiger partial charge in [0, 0.05) is 12.8 Å². The fraction of sp³-hybridized carbons (Fsp3) is 0.754. The van der Waals surface area contributed by atoms with Crippen molar-refractivity contribution < 1.29 is 56.8 Å². The maximum Gasteiger partial charge on any atom is 0.306 e. The Morgan fingerprint density at radius 2 is 0.886 bits per heavy atom. The van der Waals surface area contributed by atoms with E-state index in [0.717, 1.165) is 64.2 Å². The molecule has 12 nitrogen and oxygen atoms in total. The Balaban J connectivity index is 2.39. The van der Waals surface area contributed by atoms with E-state index in [1.54, 1.807) is 0 Å². The number of hydrogen-bond acceptors (Lipinski definition) is 11. The van der Waals surface area contributed by atoms with Gasteiger partial charge in [-0.25, -0.2) is 0 Å². The minimum Gasteiger partial charge on any atom is -0.462 e. The highest BCUT2D eigenvalue weighted by molar-refractivity contribution is 7.85. The molecule has 0 aliphatic carbocycles. The van der Waals surface area contributed by atoms with Crippen molar-refractivity contribution >= 4 is 22.1 Å². The second-order valence-corrected chi connectivity index (χ2v) is 20.4. The third kappa shape index (κ3) is 39.7. The van der Waals surface area contributed by atoms with Crippen LogP contribution in [0.2, 0.25) is 0 Å². The summed E-state index contributed by atoms with van der Waals surface area (Å²) in [5, 5.41) is 31.0. The quantitative estimate of drug-likeness (QED) is 0.0196. The summed E-state index contributed by atoms with van der Waals surface area (Å²) in [6.45, 7) is 3.70. The largest absolute Gasteiger partial charge is 0.462 e.